The second kappa shape index (κ2) is 4.77. The predicted octanol–water partition coefficient (Wildman–Crippen LogP) is 2.33. The number of aromatic nitrogens is 1. The van der Waals surface area contributed by atoms with Crippen LogP contribution in [0.4, 0.5) is 4.39 Å². The maximum Gasteiger partial charge on any atom is 0.201 e. The van der Waals surface area contributed by atoms with Crippen molar-refractivity contribution in [3.63, 3.8) is 0 Å². The highest BCUT2D eigenvalue weighted by atomic mass is 32.2. The SMILES string of the molecule is CS(=O)(=O)c1ccc(C(=O)c2cnoc2C2CC2)c(F)c1. The highest BCUT2D eigenvalue weighted by molar-refractivity contribution is 7.90. The van der Waals surface area contributed by atoms with Crippen LogP contribution in [-0.4, -0.2) is 25.6 Å². The molecule has 0 N–H and O–H groups in total. The highest BCUT2D eigenvalue weighted by Gasteiger charge is 2.33. The van der Waals surface area contributed by atoms with Crippen molar-refractivity contribution in [3.8, 4) is 0 Å². The van der Waals surface area contributed by atoms with Crippen LogP contribution in [0.3, 0.4) is 0 Å². The lowest BCUT2D eigenvalue weighted by molar-refractivity contribution is 0.103. The molecule has 110 valence electrons. The van der Waals surface area contributed by atoms with Gasteiger partial charge >= 0.3 is 0 Å². The molecule has 0 atom stereocenters. The molecule has 3 rings (SSSR count). The molecule has 0 saturated heterocycles. The van der Waals surface area contributed by atoms with E-state index in [4.69, 9.17) is 4.52 Å². The molecule has 0 aliphatic heterocycles. The van der Waals surface area contributed by atoms with Crippen LogP contribution in [0.5, 0.6) is 0 Å². The average Bonchev–Trinajstić information content (AvgIpc) is 3.14. The Balaban J connectivity index is 2.00. The van der Waals surface area contributed by atoms with Crippen LogP contribution in [-0.2, 0) is 9.84 Å². The van der Waals surface area contributed by atoms with Gasteiger partial charge in [0, 0.05) is 12.2 Å². The Bertz CT molecular complexity index is 821. The first kappa shape index (κ1) is 13.9. The molecule has 1 fully saturated rings. The standard InChI is InChI=1S/C14H12FNO4S/c1-21(18,19)9-4-5-10(12(15)6-9)13(17)11-7-16-20-14(11)8-2-3-8/h4-8H,2-3H2,1H3. The Hall–Kier alpha value is -2.02. The second-order valence-electron chi connectivity index (χ2n) is 5.12. The van der Waals surface area contributed by atoms with Gasteiger partial charge in [-0.05, 0) is 31.0 Å². The van der Waals surface area contributed by atoms with Crippen molar-refractivity contribution in [1.82, 2.24) is 5.16 Å². The van der Waals surface area contributed by atoms with Crippen LogP contribution >= 0.6 is 0 Å². The number of carbonyl (C=O) groups is 1. The van der Waals surface area contributed by atoms with Crippen LogP contribution in [0, 0.1) is 5.82 Å². The number of halogens is 1. The molecule has 1 aliphatic rings. The first-order valence-corrected chi connectivity index (χ1v) is 8.26. The zero-order chi connectivity index (χ0) is 15.2. The molecule has 0 amide bonds. The summed E-state index contributed by atoms with van der Waals surface area (Å²) in [5, 5.41) is 3.60. The normalized spacial score (nSPS) is 15.1. The fourth-order valence-corrected chi connectivity index (χ4v) is 2.75. The minimum absolute atomic E-state index is 0.163. The van der Waals surface area contributed by atoms with Crippen LogP contribution < -0.4 is 0 Å². The maximum absolute atomic E-state index is 14.0. The Morgan fingerprint density at radius 2 is 2.05 bits per heavy atom. The molecule has 1 aromatic carbocycles. The van der Waals surface area contributed by atoms with Gasteiger partial charge in [0.1, 0.15) is 5.82 Å². The van der Waals surface area contributed by atoms with Gasteiger partial charge in [0.25, 0.3) is 0 Å². The van der Waals surface area contributed by atoms with Gasteiger partial charge in [-0.3, -0.25) is 4.79 Å². The van der Waals surface area contributed by atoms with Crippen LogP contribution in [0.2, 0.25) is 0 Å². The van der Waals surface area contributed by atoms with Gasteiger partial charge in [0.2, 0.25) is 5.78 Å². The summed E-state index contributed by atoms with van der Waals surface area (Å²) in [5.41, 5.74) is 0.0519. The molecule has 1 heterocycles. The maximum atomic E-state index is 14.0. The smallest absolute Gasteiger partial charge is 0.201 e. The first-order valence-electron chi connectivity index (χ1n) is 6.37. The average molecular weight is 309 g/mol. The number of sulfone groups is 1. The van der Waals surface area contributed by atoms with E-state index in [1.165, 1.54) is 18.3 Å². The Kier molecular flexibility index (Phi) is 3.16. The van der Waals surface area contributed by atoms with Crippen molar-refractivity contribution in [3.05, 3.63) is 47.1 Å². The van der Waals surface area contributed by atoms with Crippen LogP contribution in [0.1, 0.15) is 40.4 Å². The van der Waals surface area contributed by atoms with E-state index in [2.05, 4.69) is 5.16 Å². The molecule has 1 saturated carbocycles. The molecule has 0 bridgehead atoms. The zero-order valence-electron chi connectivity index (χ0n) is 11.2. The molecule has 0 radical (unpaired) electrons. The molecule has 2 aromatic rings. The predicted molar refractivity (Wildman–Crippen MR) is 71.4 cm³/mol. The summed E-state index contributed by atoms with van der Waals surface area (Å²) < 4.78 is 41.8. The fourth-order valence-electron chi connectivity index (χ4n) is 2.11. The third-order valence-electron chi connectivity index (χ3n) is 3.40. The summed E-state index contributed by atoms with van der Waals surface area (Å²) in [5.74, 6) is -0.766. The first-order chi connectivity index (χ1) is 9.88. The van der Waals surface area contributed by atoms with Crippen molar-refractivity contribution in [2.24, 2.45) is 0 Å². The van der Waals surface area contributed by atoms with Crippen molar-refractivity contribution in [2.45, 2.75) is 23.7 Å². The van der Waals surface area contributed by atoms with E-state index in [-0.39, 0.29) is 21.9 Å². The molecule has 21 heavy (non-hydrogen) atoms. The fraction of sp³-hybridized carbons (Fsp3) is 0.286. The second-order valence-corrected chi connectivity index (χ2v) is 7.14. The van der Waals surface area contributed by atoms with E-state index in [9.17, 15) is 17.6 Å². The lowest BCUT2D eigenvalue weighted by Crippen LogP contribution is -2.07. The number of hydrogen-bond donors (Lipinski definition) is 0. The number of rotatable bonds is 4. The Labute approximate surface area is 120 Å². The number of carbonyl (C=O) groups excluding carboxylic acids is 1. The molecule has 0 spiro atoms. The number of ketones is 1. The van der Waals surface area contributed by atoms with Gasteiger partial charge in [-0.25, -0.2) is 12.8 Å². The van der Waals surface area contributed by atoms with Crippen molar-refractivity contribution in [2.75, 3.05) is 6.26 Å². The minimum atomic E-state index is -3.52. The molecule has 7 heteroatoms. The number of nitrogens with zero attached hydrogens (tertiary/aromatic N) is 1. The van der Waals surface area contributed by atoms with E-state index < -0.39 is 21.4 Å². The van der Waals surface area contributed by atoms with E-state index in [1.54, 1.807) is 0 Å². The quantitative estimate of drug-likeness (QED) is 0.810. The van der Waals surface area contributed by atoms with Gasteiger partial charge in [0.15, 0.2) is 15.6 Å². The van der Waals surface area contributed by atoms with Gasteiger partial charge in [-0.2, -0.15) is 0 Å². The summed E-state index contributed by atoms with van der Waals surface area (Å²) in [4.78, 5) is 12.2. The lowest BCUT2D eigenvalue weighted by atomic mass is 10.0. The lowest BCUT2D eigenvalue weighted by Gasteiger charge is -2.04. The molecule has 1 aromatic heterocycles. The molecular weight excluding hydrogens is 297 g/mol. The molecule has 1 aliphatic carbocycles. The number of benzene rings is 1. The minimum Gasteiger partial charge on any atom is -0.360 e. The number of hydrogen-bond acceptors (Lipinski definition) is 5. The zero-order valence-corrected chi connectivity index (χ0v) is 12.0. The van der Waals surface area contributed by atoms with Crippen molar-refractivity contribution < 1.29 is 22.1 Å². The summed E-state index contributed by atoms with van der Waals surface area (Å²) in [7, 11) is -3.52. The Morgan fingerprint density at radius 1 is 1.33 bits per heavy atom. The highest BCUT2D eigenvalue weighted by Crippen LogP contribution is 2.42. The van der Waals surface area contributed by atoms with Crippen molar-refractivity contribution >= 4 is 15.6 Å². The van der Waals surface area contributed by atoms with Gasteiger partial charge in [-0.15, -0.1) is 0 Å². The Morgan fingerprint density at radius 3 is 2.62 bits per heavy atom. The molecule has 5 nitrogen and oxygen atoms in total. The largest absolute Gasteiger partial charge is 0.360 e. The van der Waals surface area contributed by atoms with Crippen LogP contribution in [0.25, 0.3) is 0 Å². The van der Waals surface area contributed by atoms with Gasteiger partial charge < -0.3 is 4.52 Å². The van der Waals surface area contributed by atoms with E-state index in [0.29, 0.717) is 5.76 Å². The molecular formula is C14H12FNO4S. The summed E-state index contributed by atoms with van der Waals surface area (Å²) in [6, 6.07) is 3.25. The third-order valence-corrected chi connectivity index (χ3v) is 4.51. The summed E-state index contributed by atoms with van der Waals surface area (Å²) >= 11 is 0. The topological polar surface area (TPSA) is 77.2 Å². The van der Waals surface area contributed by atoms with Crippen LogP contribution in [0.15, 0.2) is 33.8 Å². The van der Waals surface area contributed by atoms with Crippen molar-refractivity contribution in [1.29, 1.82) is 0 Å². The summed E-state index contributed by atoms with van der Waals surface area (Å²) in [6.07, 6.45) is 4.10. The van der Waals surface area contributed by atoms with E-state index in [1.807, 2.05) is 0 Å². The third kappa shape index (κ3) is 2.61. The van der Waals surface area contributed by atoms with Gasteiger partial charge in [0.05, 0.1) is 22.2 Å². The monoisotopic (exact) mass is 309 g/mol. The molecule has 0 unspecified atom stereocenters. The summed E-state index contributed by atoms with van der Waals surface area (Å²) in [6.45, 7) is 0. The van der Waals surface area contributed by atoms with Gasteiger partial charge in [-0.1, -0.05) is 5.16 Å². The van der Waals surface area contributed by atoms with E-state index in [0.717, 1.165) is 25.2 Å². The van der Waals surface area contributed by atoms with E-state index >= 15 is 0 Å².